The number of ether oxygens (including phenoxy) is 1. The molecule has 2 rings (SSSR count). The maximum atomic E-state index is 12.0. The Hall–Kier alpha value is -1.28. The van der Waals surface area contributed by atoms with Crippen LogP contribution in [0.3, 0.4) is 0 Å². The van der Waals surface area contributed by atoms with Crippen LogP contribution in [0, 0.1) is 5.41 Å². The van der Waals surface area contributed by atoms with Gasteiger partial charge in [0.2, 0.25) is 0 Å². The van der Waals surface area contributed by atoms with Crippen molar-refractivity contribution < 1.29 is 18.3 Å². The van der Waals surface area contributed by atoms with Crippen molar-refractivity contribution in [1.29, 1.82) is 0 Å². The van der Waals surface area contributed by atoms with Crippen molar-refractivity contribution in [1.82, 2.24) is 5.32 Å². The molecule has 1 saturated heterocycles. The number of benzene rings is 1. The number of nitrogens with one attached hydrogen (secondary N) is 1. The van der Waals surface area contributed by atoms with E-state index in [9.17, 15) is 9.00 Å². The van der Waals surface area contributed by atoms with Crippen LogP contribution in [0.4, 0.5) is 0 Å². The molecule has 1 aromatic carbocycles. The summed E-state index contributed by atoms with van der Waals surface area (Å²) in [6.45, 7) is 5.43. The van der Waals surface area contributed by atoms with Crippen molar-refractivity contribution in [2.45, 2.75) is 51.3 Å². The van der Waals surface area contributed by atoms with Gasteiger partial charge in [-0.15, -0.1) is 0 Å². The van der Waals surface area contributed by atoms with E-state index in [1.54, 1.807) is 0 Å². The standard InChI is InChI=1S/C16H24N2O4S/c1-16(2,3)15(19)22-13-8-12(17)14(18-13)11-6-4-10(5-7-11)9-23(20)21/h4-7,12-14,18H,8-9,17H2,1-3H3,(H,20,21). The van der Waals surface area contributed by atoms with E-state index in [4.69, 9.17) is 15.0 Å². The Morgan fingerprint density at radius 1 is 1.39 bits per heavy atom. The van der Waals surface area contributed by atoms with E-state index in [0.717, 1.165) is 11.1 Å². The zero-order chi connectivity index (χ0) is 17.2. The highest BCUT2D eigenvalue weighted by Gasteiger charge is 2.36. The van der Waals surface area contributed by atoms with Crippen LogP contribution in [0.15, 0.2) is 24.3 Å². The van der Waals surface area contributed by atoms with E-state index in [1.165, 1.54) is 0 Å². The summed E-state index contributed by atoms with van der Waals surface area (Å²) >= 11 is -1.85. The smallest absolute Gasteiger partial charge is 0.312 e. The second kappa shape index (κ2) is 7.09. The first-order valence-electron chi connectivity index (χ1n) is 7.56. The summed E-state index contributed by atoms with van der Waals surface area (Å²) in [5.74, 6) is -0.153. The number of rotatable bonds is 4. The van der Waals surface area contributed by atoms with Gasteiger partial charge in [0, 0.05) is 12.5 Å². The number of nitrogens with two attached hydrogens (primary N) is 1. The van der Waals surface area contributed by atoms with E-state index in [-0.39, 0.29) is 23.8 Å². The zero-order valence-electron chi connectivity index (χ0n) is 13.6. The third kappa shape index (κ3) is 4.84. The SMILES string of the molecule is CC(C)(C)C(=O)OC1CC(N)C(c2ccc(CS(=O)O)cc2)N1. The summed E-state index contributed by atoms with van der Waals surface area (Å²) in [4.78, 5) is 12.0. The fourth-order valence-corrected chi connectivity index (χ4v) is 2.95. The lowest BCUT2D eigenvalue weighted by atomic mass is 9.97. The Balaban J connectivity index is 2.01. The van der Waals surface area contributed by atoms with Crippen LogP contribution in [-0.2, 0) is 26.4 Å². The monoisotopic (exact) mass is 340 g/mol. The molecule has 0 amide bonds. The van der Waals surface area contributed by atoms with Gasteiger partial charge in [-0.2, -0.15) is 0 Å². The van der Waals surface area contributed by atoms with Gasteiger partial charge in [0.05, 0.1) is 17.2 Å². The van der Waals surface area contributed by atoms with Gasteiger partial charge in [-0.05, 0) is 31.9 Å². The van der Waals surface area contributed by atoms with Crippen LogP contribution < -0.4 is 11.1 Å². The van der Waals surface area contributed by atoms with Gasteiger partial charge in [0.25, 0.3) is 0 Å². The molecule has 0 radical (unpaired) electrons. The second-order valence-electron chi connectivity index (χ2n) is 6.90. The largest absolute Gasteiger partial charge is 0.446 e. The second-order valence-corrected chi connectivity index (χ2v) is 7.83. The molecule has 6 nitrogen and oxygen atoms in total. The predicted octanol–water partition coefficient (Wildman–Crippen LogP) is 1.69. The van der Waals surface area contributed by atoms with Crippen LogP contribution in [0.5, 0.6) is 0 Å². The van der Waals surface area contributed by atoms with Crippen molar-refractivity contribution in [2.75, 3.05) is 0 Å². The molecule has 1 aromatic rings. The topological polar surface area (TPSA) is 102 Å². The molecule has 0 spiro atoms. The first-order valence-corrected chi connectivity index (χ1v) is 8.83. The van der Waals surface area contributed by atoms with Crippen LogP contribution in [0.1, 0.15) is 44.4 Å². The average Bonchev–Trinajstić information content (AvgIpc) is 2.78. The molecular weight excluding hydrogens is 316 g/mol. The maximum Gasteiger partial charge on any atom is 0.312 e. The molecule has 7 heteroatoms. The Kier molecular flexibility index (Phi) is 5.57. The summed E-state index contributed by atoms with van der Waals surface area (Å²) in [6, 6.07) is 7.12. The molecule has 0 saturated carbocycles. The van der Waals surface area contributed by atoms with Gasteiger partial charge >= 0.3 is 5.97 Å². The van der Waals surface area contributed by atoms with Crippen molar-refractivity contribution >= 4 is 17.0 Å². The van der Waals surface area contributed by atoms with E-state index < -0.39 is 22.7 Å². The van der Waals surface area contributed by atoms with Crippen molar-refractivity contribution in [3.63, 3.8) is 0 Å². The molecule has 128 valence electrons. The van der Waals surface area contributed by atoms with Gasteiger partial charge in [-0.3, -0.25) is 10.1 Å². The van der Waals surface area contributed by atoms with Gasteiger partial charge in [0.15, 0.2) is 17.3 Å². The minimum absolute atomic E-state index is 0.107. The lowest BCUT2D eigenvalue weighted by Crippen LogP contribution is -2.34. The van der Waals surface area contributed by atoms with Crippen LogP contribution in [-0.4, -0.2) is 27.0 Å². The maximum absolute atomic E-state index is 12.0. The van der Waals surface area contributed by atoms with Crippen molar-refractivity contribution in [3.8, 4) is 0 Å². The summed E-state index contributed by atoms with van der Waals surface area (Å²) in [7, 11) is 0. The highest BCUT2D eigenvalue weighted by Crippen LogP contribution is 2.28. The molecule has 1 heterocycles. The summed E-state index contributed by atoms with van der Waals surface area (Å²) < 4.78 is 25.2. The van der Waals surface area contributed by atoms with Crippen molar-refractivity contribution in [2.24, 2.45) is 11.1 Å². The third-order valence-corrected chi connectivity index (χ3v) is 4.35. The lowest BCUT2D eigenvalue weighted by molar-refractivity contribution is -0.159. The van der Waals surface area contributed by atoms with E-state index in [2.05, 4.69) is 5.32 Å². The molecular formula is C16H24N2O4S. The predicted molar refractivity (Wildman–Crippen MR) is 88.7 cm³/mol. The highest BCUT2D eigenvalue weighted by molar-refractivity contribution is 7.78. The lowest BCUT2D eigenvalue weighted by Gasteiger charge is -2.21. The summed E-state index contributed by atoms with van der Waals surface area (Å²) in [5, 5.41) is 3.24. The number of hydrogen-bond acceptors (Lipinski definition) is 5. The molecule has 0 aliphatic carbocycles. The van der Waals surface area contributed by atoms with Gasteiger partial charge < -0.3 is 15.0 Å². The molecule has 0 bridgehead atoms. The molecule has 4 unspecified atom stereocenters. The first-order chi connectivity index (χ1) is 10.7. The van der Waals surface area contributed by atoms with Gasteiger partial charge in [-0.25, -0.2) is 4.21 Å². The molecule has 1 aliphatic rings. The van der Waals surface area contributed by atoms with Crippen molar-refractivity contribution in [3.05, 3.63) is 35.4 Å². The number of carbonyl (C=O) groups is 1. The molecule has 1 aliphatic heterocycles. The molecule has 23 heavy (non-hydrogen) atoms. The number of carbonyl (C=O) groups excluding carboxylic acids is 1. The zero-order valence-corrected chi connectivity index (χ0v) is 14.4. The fraction of sp³-hybridized carbons (Fsp3) is 0.562. The normalized spacial score (nSPS) is 26.0. The fourth-order valence-electron chi connectivity index (χ4n) is 2.47. The van der Waals surface area contributed by atoms with Crippen LogP contribution >= 0.6 is 0 Å². The Morgan fingerprint density at radius 2 is 2.00 bits per heavy atom. The number of hydrogen-bond donors (Lipinski definition) is 3. The summed E-state index contributed by atoms with van der Waals surface area (Å²) in [6.07, 6.45) is 0.154. The Morgan fingerprint density at radius 3 is 2.52 bits per heavy atom. The van der Waals surface area contributed by atoms with Crippen LogP contribution in [0.25, 0.3) is 0 Å². The molecule has 4 atom stereocenters. The van der Waals surface area contributed by atoms with Gasteiger partial charge in [-0.1, -0.05) is 24.3 Å². The quantitative estimate of drug-likeness (QED) is 0.569. The summed E-state index contributed by atoms with van der Waals surface area (Å²) in [5.41, 5.74) is 7.37. The van der Waals surface area contributed by atoms with E-state index >= 15 is 0 Å². The third-order valence-electron chi connectivity index (χ3n) is 3.77. The minimum Gasteiger partial charge on any atom is -0.446 e. The van der Waals surface area contributed by atoms with E-state index in [1.807, 2.05) is 45.0 Å². The molecule has 1 fully saturated rings. The van der Waals surface area contributed by atoms with E-state index in [0.29, 0.717) is 6.42 Å². The molecule has 0 aromatic heterocycles. The van der Waals surface area contributed by atoms with Gasteiger partial charge in [0.1, 0.15) is 0 Å². The Labute approximate surface area is 139 Å². The Bertz CT molecular complexity index is 583. The minimum atomic E-state index is -1.85. The average molecular weight is 340 g/mol. The highest BCUT2D eigenvalue weighted by atomic mass is 32.2. The first kappa shape index (κ1) is 18.1. The molecule has 4 N–H and O–H groups in total. The number of esters is 1. The van der Waals surface area contributed by atoms with Crippen LogP contribution in [0.2, 0.25) is 0 Å².